The average molecular weight is 171 g/mol. The van der Waals surface area contributed by atoms with E-state index in [0.717, 1.165) is 5.56 Å². The van der Waals surface area contributed by atoms with Crippen molar-refractivity contribution in [3.63, 3.8) is 0 Å². The van der Waals surface area contributed by atoms with Crippen molar-refractivity contribution in [3.8, 4) is 5.75 Å². The summed E-state index contributed by atoms with van der Waals surface area (Å²) in [7, 11) is 0. The maximum absolute atomic E-state index is 10.1. The number of para-hydroxylation sites is 1. The Balaban J connectivity index is 2.86. The summed E-state index contributed by atoms with van der Waals surface area (Å²) in [5, 5.41) is 0. The normalized spacial score (nSPS) is 12.5. The molecule has 0 saturated heterocycles. The molecule has 0 aliphatic heterocycles. The zero-order valence-electron chi connectivity index (χ0n) is 5.94. The summed E-state index contributed by atoms with van der Waals surface area (Å²) in [5.74, 6) is 0.376. The third-order valence-electron chi connectivity index (χ3n) is 1.25. The molecule has 0 bridgehead atoms. The highest BCUT2D eigenvalue weighted by molar-refractivity contribution is 7.74. The van der Waals surface area contributed by atoms with Crippen LogP contribution in [0.3, 0.4) is 0 Å². The van der Waals surface area contributed by atoms with Crippen LogP contribution in [0.5, 0.6) is 5.75 Å². The molecular formula is C7H7O3S-. The molecule has 0 aromatic heterocycles. The second-order valence-corrected chi connectivity index (χ2v) is 2.63. The Kier molecular flexibility index (Phi) is 2.62. The highest BCUT2D eigenvalue weighted by Crippen LogP contribution is 2.16. The van der Waals surface area contributed by atoms with Crippen molar-refractivity contribution in [2.45, 2.75) is 6.92 Å². The quantitative estimate of drug-likeness (QED) is 0.627. The Morgan fingerprint density at radius 3 is 2.64 bits per heavy atom. The summed E-state index contributed by atoms with van der Waals surface area (Å²) in [6.45, 7) is 1.78. The third kappa shape index (κ3) is 2.32. The van der Waals surface area contributed by atoms with Gasteiger partial charge < -0.3 is 8.74 Å². The molecule has 1 aromatic carbocycles. The molecule has 60 valence electrons. The minimum atomic E-state index is -2.48. The molecule has 1 atom stereocenters. The first-order valence-corrected chi connectivity index (χ1v) is 4.03. The predicted molar refractivity (Wildman–Crippen MR) is 40.7 cm³/mol. The fraction of sp³-hybridized carbons (Fsp3) is 0.143. The van der Waals surface area contributed by atoms with E-state index in [1.807, 2.05) is 6.07 Å². The van der Waals surface area contributed by atoms with Crippen molar-refractivity contribution < 1.29 is 12.9 Å². The maximum atomic E-state index is 10.1. The monoisotopic (exact) mass is 171 g/mol. The zero-order chi connectivity index (χ0) is 8.27. The SMILES string of the molecule is Cc1ccccc1OS(=O)[O-]. The summed E-state index contributed by atoms with van der Waals surface area (Å²) in [6.07, 6.45) is 0. The van der Waals surface area contributed by atoms with E-state index in [9.17, 15) is 8.76 Å². The van der Waals surface area contributed by atoms with Crippen LogP contribution >= 0.6 is 0 Å². The van der Waals surface area contributed by atoms with Crippen molar-refractivity contribution >= 4 is 11.4 Å². The van der Waals surface area contributed by atoms with E-state index in [1.54, 1.807) is 25.1 Å². The standard InChI is InChI=1S/C7H8O3S/c1-6-4-2-3-5-7(6)10-11(8)9/h2-5H,1H3,(H,8,9)/p-1. The smallest absolute Gasteiger partial charge is 0.142 e. The molecule has 1 unspecified atom stereocenters. The van der Waals surface area contributed by atoms with Crippen LogP contribution in [0, 0.1) is 6.92 Å². The summed E-state index contributed by atoms with van der Waals surface area (Å²) in [6, 6.07) is 6.92. The minimum absolute atomic E-state index is 0.376. The number of aryl methyl sites for hydroxylation is 1. The van der Waals surface area contributed by atoms with Gasteiger partial charge in [0.25, 0.3) is 0 Å². The van der Waals surface area contributed by atoms with Gasteiger partial charge in [-0.25, -0.2) is 4.21 Å². The topological polar surface area (TPSA) is 49.4 Å². The van der Waals surface area contributed by atoms with Crippen molar-refractivity contribution in [1.82, 2.24) is 0 Å². The fourth-order valence-electron chi connectivity index (χ4n) is 0.723. The molecule has 0 radical (unpaired) electrons. The first kappa shape index (κ1) is 8.23. The van der Waals surface area contributed by atoms with Gasteiger partial charge in [0.05, 0.1) is 0 Å². The van der Waals surface area contributed by atoms with E-state index in [1.165, 1.54) is 0 Å². The number of hydrogen-bond donors (Lipinski definition) is 0. The summed E-state index contributed by atoms with van der Waals surface area (Å²) < 4.78 is 24.7. The number of hydrogen-bond acceptors (Lipinski definition) is 3. The van der Waals surface area contributed by atoms with Crippen LogP contribution in [-0.4, -0.2) is 8.76 Å². The molecule has 0 spiro atoms. The lowest BCUT2D eigenvalue weighted by atomic mass is 10.2. The Labute approximate surface area is 67.5 Å². The van der Waals surface area contributed by atoms with E-state index in [4.69, 9.17) is 0 Å². The van der Waals surface area contributed by atoms with Crippen molar-refractivity contribution in [1.29, 1.82) is 0 Å². The van der Waals surface area contributed by atoms with Crippen LogP contribution in [0.25, 0.3) is 0 Å². The molecule has 0 fully saturated rings. The molecule has 11 heavy (non-hydrogen) atoms. The van der Waals surface area contributed by atoms with E-state index >= 15 is 0 Å². The van der Waals surface area contributed by atoms with Crippen LogP contribution in [-0.2, 0) is 11.4 Å². The predicted octanol–water partition coefficient (Wildman–Crippen LogP) is 1.17. The third-order valence-corrected chi connectivity index (χ3v) is 1.57. The largest absolute Gasteiger partial charge is 0.740 e. The second kappa shape index (κ2) is 3.50. The molecule has 0 aliphatic carbocycles. The molecule has 0 amide bonds. The van der Waals surface area contributed by atoms with Crippen LogP contribution < -0.4 is 4.18 Å². The van der Waals surface area contributed by atoms with E-state index in [0.29, 0.717) is 5.75 Å². The Hall–Kier alpha value is -0.870. The van der Waals surface area contributed by atoms with Crippen molar-refractivity contribution in [2.24, 2.45) is 0 Å². The lowest BCUT2D eigenvalue weighted by molar-refractivity contribution is 0.439. The second-order valence-electron chi connectivity index (χ2n) is 2.05. The Bertz CT molecular complexity index is 272. The number of rotatable bonds is 2. The van der Waals surface area contributed by atoms with Crippen LogP contribution in [0.1, 0.15) is 5.56 Å². The molecule has 1 rings (SSSR count). The highest BCUT2D eigenvalue weighted by Gasteiger charge is 1.95. The average Bonchev–Trinajstić information content (AvgIpc) is 1.93. The van der Waals surface area contributed by atoms with Gasteiger partial charge in [0, 0.05) is 0 Å². The first-order valence-electron chi connectivity index (χ1n) is 3.03. The van der Waals surface area contributed by atoms with E-state index < -0.39 is 11.4 Å². The Morgan fingerprint density at radius 1 is 1.45 bits per heavy atom. The van der Waals surface area contributed by atoms with Gasteiger partial charge in [0.15, 0.2) is 0 Å². The van der Waals surface area contributed by atoms with Gasteiger partial charge in [-0.1, -0.05) is 18.2 Å². The van der Waals surface area contributed by atoms with Crippen LogP contribution in [0.15, 0.2) is 24.3 Å². The van der Waals surface area contributed by atoms with Gasteiger partial charge in [0.2, 0.25) is 0 Å². The van der Waals surface area contributed by atoms with Gasteiger partial charge in [-0.15, -0.1) is 0 Å². The van der Waals surface area contributed by atoms with Crippen LogP contribution in [0.2, 0.25) is 0 Å². The molecule has 0 heterocycles. The molecular weight excluding hydrogens is 164 g/mol. The summed E-state index contributed by atoms with van der Waals surface area (Å²) in [4.78, 5) is 0. The highest BCUT2D eigenvalue weighted by atomic mass is 32.2. The van der Waals surface area contributed by atoms with Crippen molar-refractivity contribution in [2.75, 3.05) is 0 Å². The molecule has 3 nitrogen and oxygen atoms in total. The number of benzene rings is 1. The molecule has 0 saturated carbocycles. The first-order chi connectivity index (χ1) is 5.20. The maximum Gasteiger partial charge on any atom is 0.142 e. The van der Waals surface area contributed by atoms with E-state index in [-0.39, 0.29) is 0 Å². The Morgan fingerprint density at radius 2 is 2.09 bits per heavy atom. The van der Waals surface area contributed by atoms with Crippen LogP contribution in [0.4, 0.5) is 0 Å². The lowest BCUT2D eigenvalue weighted by Gasteiger charge is -2.08. The van der Waals surface area contributed by atoms with Gasteiger partial charge in [0.1, 0.15) is 17.1 Å². The van der Waals surface area contributed by atoms with Gasteiger partial charge in [-0.05, 0) is 18.6 Å². The summed E-state index contributed by atoms with van der Waals surface area (Å²) in [5.41, 5.74) is 0.803. The zero-order valence-corrected chi connectivity index (χ0v) is 6.76. The fourth-order valence-corrected chi connectivity index (χ4v) is 1.06. The molecule has 0 N–H and O–H groups in total. The van der Waals surface area contributed by atoms with Gasteiger partial charge >= 0.3 is 0 Å². The summed E-state index contributed by atoms with van der Waals surface area (Å²) >= 11 is -2.48. The minimum Gasteiger partial charge on any atom is -0.740 e. The van der Waals surface area contributed by atoms with Gasteiger partial charge in [-0.2, -0.15) is 0 Å². The van der Waals surface area contributed by atoms with Crippen molar-refractivity contribution in [3.05, 3.63) is 29.8 Å². The molecule has 0 aliphatic rings. The lowest BCUT2D eigenvalue weighted by Crippen LogP contribution is -1.98. The van der Waals surface area contributed by atoms with Gasteiger partial charge in [-0.3, -0.25) is 0 Å². The molecule has 4 heteroatoms. The molecule has 1 aromatic rings. The van der Waals surface area contributed by atoms with E-state index in [2.05, 4.69) is 4.18 Å².